The number of amides is 1. The normalized spacial score (nSPS) is 16.0. The van der Waals surface area contributed by atoms with Crippen LogP contribution in [0.5, 0.6) is 5.75 Å². The third-order valence-electron chi connectivity index (χ3n) is 5.81. The highest BCUT2D eigenvalue weighted by atomic mass is 16.5. The average molecular weight is 395 g/mol. The van der Waals surface area contributed by atoms with Gasteiger partial charge in [0, 0.05) is 24.7 Å². The summed E-state index contributed by atoms with van der Waals surface area (Å²) in [5.41, 5.74) is 3.67. The van der Waals surface area contributed by atoms with Crippen molar-refractivity contribution in [3.05, 3.63) is 59.7 Å². The Kier molecular flexibility index (Phi) is 7.18. The highest BCUT2D eigenvalue weighted by Crippen LogP contribution is 2.27. The molecule has 0 radical (unpaired) electrons. The van der Waals surface area contributed by atoms with Crippen LogP contribution in [0.1, 0.15) is 50.3 Å². The van der Waals surface area contributed by atoms with Crippen LogP contribution in [0.15, 0.2) is 48.5 Å². The SMILES string of the molecule is COc1ccc(C(CC(C)C)NC(=O)C2CCN(c3ccc(C)cc3)CC2)cc1. The molecule has 1 atom stereocenters. The van der Waals surface area contributed by atoms with Crippen LogP contribution in [0.4, 0.5) is 5.69 Å². The molecule has 29 heavy (non-hydrogen) atoms. The van der Waals surface area contributed by atoms with Gasteiger partial charge in [0.15, 0.2) is 0 Å². The van der Waals surface area contributed by atoms with E-state index in [1.54, 1.807) is 7.11 Å². The number of carbonyl (C=O) groups excluding carboxylic acids is 1. The molecule has 2 aromatic rings. The third kappa shape index (κ3) is 5.75. The lowest BCUT2D eigenvalue weighted by molar-refractivity contribution is -0.126. The molecular formula is C25H34N2O2. The lowest BCUT2D eigenvalue weighted by Crippen LogP contribution is -2.41. The van der Waals surface area contributed by atoms with Crippen molar-refractivity contribution < 1.29 is 9.53 Å². The summed E-state index contributed by atoms with van der Waals surface area (Å²) in [5.74, 6) is 1.62. The maximum atomic E-state index is 13.0. The van der Waals surface area contributed by atoms with Gasteiger partial charge in [0.2, 0.25) is 5.91 Å². The molecule has 0 aromatic heterocycles. The first kappa shape index (κ1) is 21.2. The van der Waals surface area contributed by atoms with Crippen LogP contribution >= 0.6 is 0 Å². The molecular weight excluding hydrogens is 360 g/mol. The van der Waals surface area contributed by atoms with E-state index in [2.05, 4.69) is 67.4 Å². The summed E-state index contributed by atoms with van der Waals surface area (Å²) in [6.45, 7) is 8.36. The summed E-state index contributed by atoms with van der Waals surface area (Å²) >= 11 is 0. The number of piperidine rings is 1. The molecule has 1 amide bonds. The Balaban J connectivity index is 1.60. The van der Waals surface area contributed by atoms with Gasteiger partial charge in [0.25, 0.3) is 0 Å². The predicted molar refractivity (Wildman–Crippen MR) is 119 cm³/mol. The Morgan fingerprint density at radius 2 is 1.69 bits per heavy atom. The second kappa shape index (κ2) is 9.82. The number of nitrogens with zero attached hydrogens (tertiary/aromatic N) is 1. The van der Waals surface area contributed by atoms with Gasteiger partial charge in [0.1, 0.15) is 5.75 Å². The molecule has 3 rings (SSSR count). The monoisotopic (exact) mass is 394 g/mol. The Labute approximate surface area is 175 Å². The van der Waals surface area contributed by atoms with Crippen LogP contribution in [0.25, 0.3) is 0 Å². The van der Waals surface area contributed by atoms with Gasteiger partial charge in [-0.05, 0) is 61.9 Å². The number of hydrogen-bond donors (Lipinski definition) is 1. The molecule has 4 heteroatoms. The topological polar surface area (TPSA) is 41.6 Å². The first-order chi connectivity index (χ1) is 14.0. The molecule has 1 N–H and O–H groups in total. The highest BCUT2D eigenvalue weighted by molar-refractivity contribution is 5.79. The molecule has 2 aromatic carbocycles. The van der Waals surface area contributed by atoms with Gasteiger partial charge >= 0.3 is 0 Å². The van der Waals surface area contributed by atoms with E-state index in [9.17, 15) is 4.79 Å². The summed E-state index contributed by atoms with van der Waals surface area (Å²) in [6.07, 6.45) is 2.73. The summed E-state index contributed by atoms with van der Waals surface area (Å²) in [7, 11) is 1.67. The minimum absolute atomic E-state index is 0.0449. The summed E-state index contributed by atoms with van der Waals surface area (Å²) in [5, 5.41) is 3.34. The van der Waals surface area contributed by atoms with Crippen molar-refractivity contribution in [2.45, 2.75) is 46.1 Å². The number of anilines is 1. The zero-order valence-electron chi connectivity index (χ0n) is 18.2. The van der Waals surface area contributed by atoms with Crippen molar-refractivity contribution in [1.82, 2.24) is 5.32 Å². The summed E-state index contributed by atoms with van der Waals surface area (Å²) < 4.78 is 5.27. The van der Waals surface area contributed by atoms with E-state index < -0.39 is 0 Å². The molecule has 0 aliphatic carbocycles. The van der Waals surface area contributed by atoms with Crippen LogP contribution in [-0.2, 0) is 4.79 Å². The Morgan fingerprint density at radius 1 is 1.07 bits per heavy atom. The summed E-state index contributed by atoms with van der Waals surface area (Å²) in [4.78, 5) is 15.4. The molecule has 156 valence electrons. The first-order valence-electron chi connectivity index (χ1n) is 10.7. The van der Waals surface area contributed by atoms with Crippen LogP contribution < -0.4 is 15.0 Å². The Bertz CT molecular complexity index is 775. The maximum absolute atomic E-state index is 13.0. The van der Waals surface area contributed by atoms with Crippen LogP contribution in [0.2, 0.25) is 0 Å². The van der Waals surface area contributed by atoms with Gasteiger partial charge in [0.05, 0.1) is 13.2 Å². The fourth-order valence-corrected chi connectivity index (χ4v) is 4.03. The second-order valence-electron chi connectivity index (χ2n) is 8.56. The standard InChI is InChI=1S/C25H34N2O2/c1-18(2)17-24(20-7-11-23(29-4)12-8-20)26-25(28)21-13-15-27(16-14-21)22-9-5-19(3)6-10-22/h5-12,18,21,24H,13-17H2,1-4H3,(H,26,28). The lowest BCUT2D eigenvalue weighted by Gasteiger charge is -2.34. The third-order valence-corrected chi connectivity index (χ3v) is 5.81. The van der Waals surface area contributed by atoms with Crippen LogP contribution in [0.3, 0.4) is 0 Å². The molecule has 1 unspecified atom stereocenters. The largest absolute Gasteiger partial charge is 0.497 e. The van der Waals surface area contributed by atoms with E-state index >= 15 is 0 Å². The number of aryl methyl sites for hydroxylation is 1. The van der Waals surface area contributed by atoms with Gasteiger partial charge in [-0.15, -0.1) is 0 Å². The van der Waals surface area contributed by atoms with E-state index in [1.807, 2.05) is 12.1 Å². The van der Waals surface area contributed by atoms with Crippen molar-refractivity contribution >= 4 is 11.6 Å². The average Bonchev–Trinajstić information content (AvgIpc) is 2.73. The number of ether oxygens (including phenoxy) is 1. The quantitative estimate of drug-likeness (QED) is 0.708. The molecule has 0 bridgehead atoms. The van der Waals surface area contributed by atoms with Crippen LogP contribution in [0, 0.1) is 18.8 Å². The predicted octanol–water partition coefficient (Wildman–Crippen LogP) is 5.12. The van der Waals surface area contributed by atoms with Crippen molar-refractivity contribution in [2.24, 2.45) is 11.8 Å². The van der Waals surface area contributed by atoms with Crippen molar-refractivity contribution in [1.29, 1.82) is 0 Å². The minimum Gasteiger partial charge on any atom is -0.497 e. The minimum atomic E-state index is 0.0449. The Morgan fingerprint density at radius 3 is 2.24 bits per heavy atom. The lowest BCUT2D eigenvalue weighted by atomic mass is 9.92. The molecule has 0 saturated carbocycles. The van der Waals surface area contributed by atoms with Gasteiger partial charge in [-0.25, -0.2) is 0 Å². The van der Waals surface area contributed by atoms with Gasteiger partial charge in [-0.1, -0.05) is 43.7 Å². The smallest absolute Gasteiger partial charge is 0.223 e. The number of hydrogen-bond acceptors (Lipinski definition) is 3. The molecule has 1 heterocycles. The first-order valence-corrected chi connectivity index (χ1v) is 10.7. The van der Waals surface area contributed by atoms with Gasteiger partial charge in [-0.2, -0.15) is 0 Å². The number of methoxy groups -OCH3 is 1. The zero-order valence-corrected chi connectivity index (χ0v) is 18.2. The molecule has 1 saturated heterocycles. The van der Waals surface area contributed by atoms with Crippen LogP contribution in [-0.4, -0.2) is 26.1 Å². The van der Waals surface area contributed by atoms with Crippen molar-refractivity contribution in [2.75, 3.05) is 25.1 Å². The number of benzene rings is 2. The second-order valence-corrected chi connectivity index (χ2v) is 8.56. The van der Waals surface area contributed by atoms with E-state index in [0.717, 1.165) is 43.7 Å². The zero-order chi connectivity index (χ0) is 20.8. The van der Waals surface area contributed by atoms with E-state index in [-0.39, 0.29) is 17.9 Å². The van der Waals surface area contributed by atoms with E-state index in [1.165, 1.54) is 11.3 Å². The molecule has 1 aliphatic rings. The highest BCUT2D eigenvalue weighted by Gasteiger charge is 2.27. The molecule has 1 aliphatic heterocycles. The van der Waals surface area contributed by atoms with Gasteiger partial charge in [-0.3, -0.25) is 4.79 Å². The van der Waals surface area contributed by atoms with E-state index in [4.69, 9.17) is 4.74 Å². The maximum Gasteiger partial charge on any atom is 0.223 e. The van der Waals surface area contributed by atoms with Crippen molar-refractivity contribution in [3.8, 4) is 5.75 Å². The van der Waals surface area contributed by atoms with Gasteiger partial charge < -0.3 is 15.0 Å². The fourth-order valence-electron chi connectivity index (χ4n) is 4.03. The molecule has 0 spiro atoms. The molecule has 4 nitrogen and oxygen atoms in total. The number of carbonyl (C=O) groups is 1. The molecule has 1 fully saturated rings. The van der Waals surface area contributed by atoms with E-state index in [0.29, 0.717) is 5.92 Å². The Hall–Kier alpha value is -2.49. The number of nitrogens with one attached hydrogen (secondary N) is 1. The van der Waals surface area contributed by atoms with Crippen molar-refractivity contribution in [3.63, 3.8) is 0 Å². The fraction of sp³-hybridized carbons (Fsp3) is 0.480. The number of rotatable bonds is 7. The summed E-state index contributed by atoms with van der Waals surface area (Å²) in [6, 6.07) is 16.8.